The number of aromatic nitrogens is 2. The predicted molar refractivity (Wildman–Crippen MR) is 121 cm³/mol. The molecular weight excluding hydrogens is 431 g/mol. The van der Waals surface area contributed by atoms with Gasteiger partial charge in [0.1, 0.15) is 11.5 Å². The highest BCUT2D eigenvalue weighted by Gasteiger charge is 2.17. The van der Waals surface area contributed by atoms with Crippen LogP contribution in [0.1, 0.15) is 25.9 Å². The van der Waals surface area contributed by atoms with Crippen LogP contribution in [-0.2, 0) is 0 Å². The van der Waals surface area contributed by atoms with Crippen molar-refractivity contribution in [3.05, 3.63) is 104 Å². The van der Waals surface area contributed by atoms with Gasteiger partial charge >= 0.3 is 0 Å². The second kappa shape index (κ2) is 8.94. The SMILES string of the molecule is Cc1cc(=O)c(C(=O)Nc2cccc(NC(=O)c3cccs3)c2)nn1-c1ccccc1F. The minimum atomic E-state index is -0.748. The molecular formula is C23H17FN4O3S. The van der Waals surface area contributed by atoms with Crippen molar-refractivity contribution in [2.45, 2.75) is 6.92 Å². The third-order valence-corrected chi connectivity index (χ3v) is 5.40. The number of nitrogens with zero attached hydrogens (tertiary/aromatic N) is 2. The topological polar surface area (TPSA) is 93.1 Å². The van der Waals surface area contributed by atoms with Gasteiger partial charge in [-0.05, 0) is 48.7 Å². The molecule has 32 heavy (non-hydrogen) atoms. The van der Waals surface area contributed by atoms with Crippen LogP contribution in [0.15, 0.2) is 76.9 Å². The summed E-state index contributed by atoms with van der Waals surface area (Å²) in [6, 6.07) is 17.2. The number of benzene rings is 2. The van der Waals surface area contributed by atoms with Gasteiger partial charge in [-0.2, -0.15) is 5.10 Å². The normalized spacial score (nSPS) is 10.6. The molecule has 2 aromatic carbocycles. The van der Waals surface area contributed by atoms with E-state index in [1.807, 2.05) is 0 Å². The van der Waals surface area contributed by atoms with Crippen LogP contribution >= 0.6 is 11.3 Å². The molecule has 0 aliphatic rings. The third-order valence-electron chi connectivity index (χ3n) is 4.53. The minimum absolute atomic E-state index is 0.123. The molecule has 0 aliphatic carbocycles. The van der Waals surface area contributed by atoms with Gasteiger partial charge in [0.15, 0.2) is 5.69 Å². The maximum absolute atomic E-state index is 14.2. The largest absolute Gasteiger partial charge is 0.321 e. The molecule has 2 N–H and O–H groups in total. The van der Waals surface area contributed by atoms with Crippen LogP contribution in [0.5, 0.6) is 0 Å². The average molecular weight is 448 g/mol. The first-order valence-electron chi connectivity index (χ1n) is 9.54. The predicted octanol–water partition coefficient (Wildman–Crippen LogP) is 4.25. The van der Waals surface area contributed by atoms with E-state index in [1.165, 1.54) is 40.3 Å². The molecule has 2 aromatic heterocycles. The second-order valence-electron chi connectivity index (χ2n) is 6.83. The van der Waals surface area contributed by atoms with Gasteiger partial charge in [0.25, 0.3) is 11.8 Å². The van der Waals surface area contributed by atoms with Gasteiger partial charge in [-0.25, -0.2) is 9.07 Å². The first kappa shape index (κ1) is 21.1. The highest BCUT2D eigenvalue weighted by atomic mass is 32.1. The highest BCUT2D eigenvalue weighted by molar-refractivity contribution is 7.12. The average Bonchev–Trinajstić information content (AvgIpc) is 3.30. The van der Waals surface area contributed by atoms with E-state index in [2.05, 4.69) is 15.7 Å². The molecule has 0 bridgehead atoms. The van der Waals surface area contributed by atoms with Crippen molar-refractivity contribution in [3.8, 4) is 5.69 Å². The summed E-state index contributed by atoms with van der Waals surface area (Å²) in [6.45, 7) is 1.60. The number of rotatable bonds is 5. The maximum atomic E-state index is 14.2. The number of para-hydroxylation sites is 1. The number of aryl methyl sites for hydroxylation is 1. The van der Waals surface area contributed by atoms with Crippen LogP contribution in [0.25, 0.3) is 5.69 Å². The van der Waals surface area contributed by atoms with Crippen LogP contribution in [0.4, 0.5) is 15.8 Å². The molecule has 2 amide bonds. The Labute approximate surface area is 186 Å². The van der Waals surface area contributed by atoms with Gasteiger partial charge in [-0.3, -0.25) is 14.4 Å². The molecule has 2 heterocycles. The van der Waals surface area contributed by atoms with E-state index in [4.69, 9.17) is 0 Å². The van der Waals surface area contributed by atoms with E-state index >= 15 is 0 Å². The molecule has 0 atom stereocenters. The number of hydrogen-bond donors (Lipinski definition) is 2. The number of thiophene rings is 1. The van der Waals surface area contributed by atoms with E-state index in [-0.39, 0.29) is 17.3 Å². The van der Waals surface area contributed by atoms with Crippen LogP contribution in [0.2, 0.25) is 0 Å². The molecule has 9 heteroatoms. The van der Waals surface area contributed by atoms with Crippen molar-refractivity contribution in [2.75, 3.05) is 10.6 Å². The zero-order valence-electron chi connectivity index (χ0n) is 16.8. The summed E-state index contributed by atoms with van der Waals surface area (Å²) in [6.07, 6.45) is 0. The van der Waals surface area contributed by atoms with Gasteiger partial charge in [0.05, 0.1) is 4.88 Å². The van der Waals surface area contributed by atoms with Crippen molar-refractivity contribution in [1.82, 2.24) is 9.78 Å². The zero-order chi connectivity index (χ0) is 22.7. The van der Waals surface area contributed by atoms with Crippen molar-refractivity contribution < 1.29 is 14.0 Å². The molecule has 0 saturated carbocycles. The lowest BCUT2D eigenvalue weighted by atomic mass is 10.2. The fraction of sp³-hybridized carbons (Fsp3) is 0.0435. The number of hydrogen-bond acceptors (Lipinski definition) is 5. The fourth-order valence-corrected chi connectivity index (χ4v) is 3.66. The van der Waals surface area contributed by atoms with E-state index in [0.29, 0.717) is 21.9 Å². The van der Waals surface area contributed by atoms with Gasteiger partial charge in [0, 0.05) is 23.1 Å². The Bertz CT molecular complexity index is 1370. The number of anilines is 2. The van der Waals surface area contributed by atoms with Crippen LogP contribution in [0.3, 0.4) is 0 Å². The summed E-state index contributed by atoms with van der Waals surface area (Å²) in [5.74, 6) is -1.55. The molecule has 0 saturated heterocycles. The first-order chi connectivity index (χ1) is 15.4. The number of carbonyl (C=O) groups excluding carboxylic acids is 2. The summed E-state index contributed by atoms with van der Waals surface area (Å²) in [5.41, 5.74) is 0.369. The van der Waals surface area contributed by atoms with E-state index in [0.717, 1.165) is 0 Å². The first-order valence-corrected chi connectivity index (χ1v) is 10.4. The summed E-state index contributed by atoms with van der Waals surface area (Å²) in [4.78, 5) is 38.0. The monoisotopic (exact) mass is 448 g/mol. The van der Waals surface area contributed by atoms with Gasteiger partial charge in [-0.1, -0.05) is 24.3 Å². The lowest BCUT2D eigenvalue weighted by molar-refractivity contribution is 0.101. The molecule has 4 aromatic rings. The number of nitrogens with one attached hydrogen (secondary N) is 2. The van der Waals surface area contributed by atoms with Gasteiger partial charge in [-0.15, -0.1) is 11.3 Å². The Balaban J connectivity index is 1.58. The Kier molecular flexibility index (Phi) is 5.91. The van der Waals surface area contributed by atoms with E-state index in [9.17, 15) is 18.8 Å². The molecule has 4 rings (SSSR count). The summed E-state index contributed by atoms with van der Waals surface area (Å²) in [7, 11) is 0. The quantitative estimate of drug-likeness (QED) is 0.477. The van der Waals surface area contributed by atoms with Crippen LogP contribution < -0.4 is 16.1 Å². The third kappa shape index (κ3) is 4.47. The van der Waals surface area contributed by atoms with E-state index < -0.39 is 17.2 Å². The Morgan fingerprint density at radius 1 is 0.938 bits per heavy atom. The summed E-state index contributed by atoms with van der Waals surface area (Å²) in [5, 5.41) is 11.2. The molecule has 0 radical (unpaired) electrons. The molecule has 0 spiro atoms. The van der Waals surface area contributed by atoms with Crippen LogP contribution in [-0.4, -0.2) is 21.6 Å². The molecule has 7 nitrogen and oxygen atoms in total. The Hall–Kier alpha value is -4.11. The molecule has 160 valence electrons. The molecule has 0 aliphatic heterocycles. The number of carbonyl (C=O) groups is 2. The Morgan fingerprint density at radius 3 is 2.34 bits per heavy atom. The summed E-state index contributed by atoms with van der Waals surface area (Å²) >= 11 is 1.31. The fourth-order valence-electron chi connectivity index (χ4n) is 3.04. The number of halogens is 1. The lowest BCUT2D eigenvalue weighted by Gasteiger charge is -2.12. The summed E-state index contributed by atoms with van der Waals surface area (Å²) < 4.78 is 15.4. The van der Waals surface area contributed by atoms with Crippen molar-refractivity contribution in [3.63, 3.8) is 0 Å². The Morgan fingerprint density at radius 2 is 1.66 bits per heavy atom. The maximum Gasteiger partial charge on any atom is 0.280 e. The van der Waals surface area contributed by atoms with Gasteiger partial charge in [0.2, 0.25) is 5.43 Å². The van der Waals surface area contributed by atoms with Crippen molar-refractivity contribution in [2.24, 2.45) is 0 Å². The number of amides is 2. The highest BCUT2D eigenvalue weighted by Crippen LogP contribution is 2.18. The van der Waals surface area contributed by atoms with Gasteiger partial charge < -0.3 is 10.6 Å². The zero-order valence-corrected chi connectivity index (χ0v) is 17.7. The second-order valence-corrected chi connectivity index (χ2v) is 7.78. The molecule has 0 unspecified atom stereocenters. The van der Waals surface area contributed by atoms with E-state index in [1.54, 1.807) is 54.8 Å². The smallest absolute Gasteiger partial charge is 0.280 e. The minimum Gasteiger partial charge on any atom is -0.321 e. The standard InChI is InChI=1S/C23H17FN4O3S/c1-14-12-19(29)21(27-28(14)18-9-3-2-8-17(18)24)23(31)26-16-7-4-6-15(13-16)25-22(30)20-10-5-11-32-20/h2-13H,1H3,(H,25,30)(H,26,31). The van der Waals surface area contributed by atoms with Crippen molar-refractivity contribution in [1.29, 1.82) is 0 Å². The molecule has 0 fully saturated rings. The lowest BCUT2D eigenvalue weighted by Crippen LogP contribution is -2.27. The van der Waals surface area contributed by atoms with Crippen LogP contribution in [0, 0.1) is 12.7 Å². The van der Waals surface area contributed by atoms with Crippen molar-refractivity contribution >= 4 is 34.5 Å².